The van der Waals surface area contributed by atoms with Gasteiger partial charge in [0, 0.05) is 11.3 Å². The van der Waals surface area contributed by atoms with Gasteiger partial charge in [0.1, 0.15) is 0 Å². The normalized spacial score (nSPS) is 14.3. The number of benzene rings is 2. The van der Waals surface area contributed by atoms with Crippen LogP contribution in [0.1, 0.15) is 47.1 Å². The molecule has 0 aliphatic carbocycles. The summed E-state index contributed by atoms with van der Waals surface area (Å²) in [6.07, 6.45) is 0. The van der Waals surface area contributed by atoms with Gasteiger partial charge in [0.15, 0.2) is 0 Å². The SMILES string of the molecule is CCOC(=O)c1ccccc1NC(=O)c1ccc2c(c1)NC(=O)C2(C)C. The second kappa shape index (κ2) is 6.63. The molecule has 0 saturated heterocycles. The fraction of sp³-hybridized carbons (Fsp3) is 0.250. The van der Waals surface area contributed by atoms with Crippen LogP contribution < -0.4 is 10.6 Å². The Labute approximate surface area is 151 Å². The van der Waals surface area contributed by atoms with Gasteiger partial charge < -0.3 is 15.4 Å². The zero-order chi connectivity index (χ0) is 18.9. The molecule has 2 aromatic rings. The van der Waals surface area contributed by atoms with Crippen LogP contribution in [0.4, 0.5) is 11.4 Å². The van der Waals surface area contributed by atoms with Crippen LogP contribution in [-0.4, -0.2) is 24.4 Å². The molecule has 6 heteroatoms. The van der Waals surface area contributed by atoms with Crippen LogP contribution in [0, 0.1) is 0 Å². The smallest absolute Gasteiger partial charge is 0.340 e. The fourth-order valence-electron chi connectivity index (χ4n) is 2.91. The van der Waals surface area contributed by atoms with Gasteiger partial charge in [0.25, 0.3) is 5.91 Å². The molecule has 134 valence electrons. The average molecular weight is 352 g/mol. The first-order valence-corrected chi connectivity index (χ1v) is 8.38. The number of ether oxygens (including phenoxy) is 1. The summed E-state index contributed by atoms with van der Waals surface area (Å²) in [7, 11) is 0. The molecule has 0 fully saturated rings. The van der Waals surface area contributed by atoms with Gasteiger partial charge in [-0.05, 0) is 50.6 Å². The Morgan fingerprint density at radius 3 is 2.62 bits per heavy atom. The third kappa shape index (κ3) is 3.06. The van der Waals surface area contributed by atoms with Gasteiger partial charge in [-0.2, -0.15) is 0 Å². The first-order valence-electron chi connectivity index (χ1n) is 8.38. The lowest BCUT2D eigenvalue weighted by atomic mass is 9.86. The quantitative estimate of drug-likeness (QED) is 0.827. The molecule has 2 amide bonds. The lowest BCUT2D eigenvalue weighted by Gasteiger charge is -2.15. The van der Waals surface area contributed by atoms with Crippen LogP contribution in [0.5, 0.6) is 0 Å². The molecule has 1 heterocycles. The van der Waals surface area contributed by atoms with E-state index in [4.69, 9.17) is 4.74 Å². The number of amides is 2. The van der Waals surface area contributed by atoms with Crippen molar-refractivity contribution in [1.29, 1.82) is 0 Å². The highest BCUT2D eigenvalue weighted by atomic mass is 16.5. The summed E-state index contributed by atoms with van der Waals surface area (Å²) in [5, 5.41) is 5.54. The van der Waals surface area contributed by atoms with E-state index in [2.05, 4.69) is 10.6 Å². The van der Waals surface area contributed by atoms with Crippen molar-refractivity contribution in [1.82, 2.24) is 0 Å². The van der Waals surface area contributed by atoms with Crippen molar-refractivity contribution in [3.05, 3.63) is 59.2 Å². The molecule has 1 aliphatic rings. The van der Waals surface area contributed by atoms with Gasteiger partial charge in [-0.1, -0.05) is 18.2 Å². The molecule has 2 N–H and O–H groups in total. The van der Waals surface area contributed by atoms with Gasteiger partial charge in [-0.25, -0.2) is 4.79 Å². The van der Waals surface area contributed by atoms with Crippen LogP contribution >= 0.6 is 0 Å². The van der Waals surface area contributed by atoms with E-state index in [9.17, 15) is 14.4 Å². The Morgan fingerprint density at radius 2 is 1.88 bits per heavy atom. The predicted molar refractivity (Wildman–Crippen MR) is 98.4 cm³/mol. The number of para-hydroxylation sites is 1. The number of hydrogen-bond acceptors (Lipinski definition) is 4. The van der Waals surface area contributed by atoms with E-state index in [0.29, 0.717) is 22.5 Å². The number of fused-ring (bicyclic) bond motifs is 1. The number of carbonyl (C=O) groups excluding carboxylic acids is 3. The van der Waals surface area contributed by atoms with E-state index in [0.717, 1.165) is 5.56 Å². The number of esters is 1. The second-order valence-electron chi connectivity index (χ2n) is 6.56. The first kappa shape index (κ1) is 17.7. The summed E-state index contributed by atoms with van der Waals surface area (Å²) < 4.78 is 5.01. The molecular weight excluding hydrogens is 332 g/mol. The fourth-order valence-corrected chi connectivity index (χ4v) is 2.91. The van der Waals surface area contributed by atoms with Crippen molar-refractivity contribution in [2.75, 3.05) is 17.2 Å². The molecule has 3 rings (SSSR count). The molecule has 0 saturated carbocycles. The van der Waals surface area contributed by atoms with Crippen molar-refractivity contribution < 1.29 is 19.1 Å². The molecule has 2 aromatic carbocycles. The summed E-state index contributed by atoms with van der Waals surface area (Å²) in [6.45, 7) is 5.65. The van der Waals surface area contributed by atoms with Gasteiger partial charge >= 0.3 is 5.97 Å². The topological polar surface area (TPSA) is 84.5 Å². The molecule has 6 nitrogen and oxygen atoms in total. The Balaban J connectivity index is 1.86. The minimum absolute atomic E-state index is 0.0993. The van der Waals surface area contributed by atoms with Crippen LogP contribution in [0.25, 0.3) is 0 Å². The third-order valence-electron chi connectivity index (χ3n) is 4.44. The van der Waals surface area contributed by atoms with E-state index in [1.807, 2.05) is 13.8 Å². The van der Waals surface area contributed by atoms with Gasteiger partial charge in [-0.3, -0.25) is 9.59 Å². The number of hydrogen-bond donors (Lipinski definition) is 2. The van der Waals surface area contributed by atoms with Crippen LogP contribution in [-0.2, 0) is 14.9 Å². The summed E-state index contributed by atoms with van der Waals surface area (Å²) in [6, 6.07) is 11.8. The largest absolute Gasteiger partial charge is 0.462 e. The molecule has 0 atom stereocenters. The lowest BCUT2D eigenvalue weighted by molar-refractivity contribution is -0.119. The number of nitrogens with one attached hydrogen (secondary N) is 2. The van der Waals surface area contributed by atoms with E-state index >= 15 is 0 Å². The van der Waals surface area contributed by atoms with Gasteiger partial charge in [-0.15, -0.1) is 0 Å². The second-order valence-corrected chi connectivity index (χ2v) is 6.56. The standard InChI is InChI=1S/C20H20N2O4/c1-4-26-18(24)13-7-5-6-8-15(13)21-17(23)12-9-10-14-16(11-12)22-19(25)20(14,2)3/h5-11H,4H2,1-3H3,(H,21,23)(H,22,25). The van der Waals surface area contributed by atoms with Crippen molar-refractivity contribution >= 4 is 29.2 Å². The van der Waals surface area contributed by atoms with Gasteiger partial charge in [0.05, 0.1) is 23.3 Å². The van der Waals surface area contributed by atoms with Crippen molar-refractivity contribution in [3.8, 4) is 0 Å². The summed E-state index contributed by atoms with van der Waals surface area (Å²) in [4.78, 5) is 36.7. The minimum atomic E-state index is -0.624. The number of rotatable bonds is 4. The van der Waals surface area contributed by atoms with E-state index < -0.39 is 11.4 Å². The van der Waals surface area contributed by atoms with Gasteiger partial charge in [0.2, 0.25) is 5.91 Å². The zero-order valence-electron chi connectivity index (χ0n) is 14.9. The molecule has 26 heavy (non-hydrogen) atoms. The highest BCUT2D eigenvalue weighted by Gasteiger charge is 2.38. The Bertz CT molecular complexity index is 902. The van der Waals surface area contributed by atoms with Crippen LogP contribution in [0.2, 0.25) is 0 Å². The maximum absolute atomic E-state index is 12.6. The maximum atomic E-state index is 12.6. The Morgan fingerprint density at radius 1 is 1.15 bits per heavy atom. The Hall–Kier alpha value is -3.15. The molecule has 0 spiro atoms. The zero-order valence-corrected chi connectivity index (χ0v) is 14.9. The molecule has 0 bridgehead atoms. The molecular formula is C20H20N2O4. The number of carbonyl (C=O) groups is 3. The minimum Gasteiger partial charge on any atom is -0.462 e. The molecule has 0 unspecified atom stereocenters. The highest BCUT2D eigenvalue weighted by Crippen LogP contribution is 2.37. The number of anilines is 2. The van der Waals surface area contributed by atoms with Crippen molar-refractivity contribution in [3.63, 3.8) is 0 Å². The van der Waals surface area contributed by atoms with E-state index in [1.54, 1.807) is 49.4 Å². The molecule has 0 aromatic heterocycles. The maximum Gasteiger partial charge on any atom is 0.340 e. The summed E-state index contributed by atoms with van der Waals surface area (Å²) in [5.74, 6) is -0.965. The molecule has 1 aliphatic heterocycles. The van der Waals surface area contributed by atoms with Crippen LogP contribution in [0.3, 0.4) is 0 Å². The lowest BCUT2D eigenvalue weighted by Crippen LogP contribution is -2.26. The third-order valence-corrected chi connectivity index (χ3v) is 4.44. The van der Waals surface area contributed by atoms with Crippen LogP contribution in [0.15, 0.2) is 42.5 Å². The monoisotopic (exact) mass is 352 g/mol. The highest BCUT2D eigenvalue weighted by molar-refractivity contribution is 6.11. The predicted octanol–water partition coefficient (Wildman–Crippen LogP) is 3.35. The first-order chi connectivity index (χ1) is 12.3. The summed E-state index contributed by atoms with van der Waals surface area (Å²) >= 11 is 0. The van der Waals surface area contributed by atoms with Crippen molar-refractivity contribution in [2.45, 2.75) is 26.2 Å². The average Bonchev–Trinajstić information content (AvgIpc) is 2.84. The van der Waals surface area contributed by atoms with E-state index in [1.165, 1.54) is 0 Å². The summed E-state index contributed by atoms with van der Waals surface area (Å²) in [5.41, 5.74) is 1.91. The Kier molecular flexibility index (Phi) is 4.50. The van der Waals surface area contributed by atoms with E-state index in [-0.39, 0.29) is 18.4 Å². The molecule has 0 radical (unpaired) electrons. The van der Waals surface area contributed by atoms with Crippen molar-refractivity contribution in [2.24, 2.45) is 0 Å².